The summed E-state index contributed by atoms with van der Waals surface area (Å²) in [7, 11) is 1.91. The van der Waals surface area contributed by atoms with Gasteiger partial charge >= 0.3 is 0 Å². The molecule has 0 saturated carbocycles. The molecule has 5 heteroatoms. The largest absolute Gasteiger partial charge is 0.388 e. The number of hydrogen-bond donors (Lipinski definition) is 3. The zero-order valence-electron chi connectivity index (χ0n) is 10.2. The van der Waals surface area contributed by atoms with Crippen molar-refractivity contribution in [2.75, 3.05) is 33.4 Å². The number of nitrogens with zero attached hydrogens (tertiary/aromatic N) is 1. The lowest BCUT2D eigenvalue weighted by atomic mass is 10.1. The molecule has 17 heavy (non-hydrogen) atoms. The van der Waals surface area contributed by atoms with Crippen molar-refractivity contribution in [3.05, 3.63) is 23.9 Å². The SMILES string of the molecule is CNC1=CCC(NC(O)N2CCOCC2)C=C1. The first-order valence-corrected chi connectivity index (χ1v) is 6.11. The average Bonchev–Trinajstić information content (AvgIpc) is 2.40. The van der Waals surface area contributed by atoms with Gasteiger partial charge in [0.25, 0.3) is 0 Å². The fourth-order valence-electron chi connectivity index (χ4n) is 2.05. The molecular weight excluding hydrogens is 218 g/mol. The lowest BCUT2D eigenvalue weighted by molar-refractivity contribution is -0.0769. The van der Waals surface area contributed by atoms with E-state index in [0.717, 1.165) is 25.2 Å². The van der Waals surface area contributed by atoms with Gasteiger partial charge in [-0.2, -0.15) is 0 Å². The van der Waals surface area contributed by atoms with E-state index in [2.05, 4.69) is 22.8 Å². The standard InChI is InChI=1S/C12H21N3O2/c1-13-10-2-4-11(5-3-10)14-12(16)15-6-8-17-9-7-15/h2-4,11-14,16H,5-9H2,1H3. The van der Waals surface area contributed by atoms with Crippen molar-refractivity contribution in [2.45, 2.75) is 18.8 Å². The molecule has 1 saturated heterocycles. The molecular formula is C12H21N3O2. The van der Waals surface area contributed by atoms with Crippen LogP contribution in [-0.4, -0.2) is 55.8 Å². The molecule has 5 nitrogen and oxygen atoms in total. The zero-order valence-corrected chi connectivity index (χ0v) is 10.2. The summed E-state index contributed by atoms with van der Waals surface area (Å²) in [5.41, 5.74) is 1.13. The molecule has 96 valence electrons. The third-order valence-electron chi connectivity index (χ3n) is 3.14. The van der Waals surface area contributed by atoms with E-state index >= 15 is 0 Å². The Kier molecular flexibility index (Phi) is 4.56. The molecule has 0 radical (unpaired) electrons. The zero-order chi connectivity index (χ0) is 12.1. The number of likely N-dealkylation sites (N-methyl/N-ethyl adjacent to an activating group) is 1. The smallest absolute Gasteiger partial charge is 0.163 e. The molecule has 2 rings (SSSR count). The Hall–Kier alpha value is -0.880. The van der Waals surface area contributed by atoms with E-state index < -0.39 is 6.35 Å². The van der Waals surface area contributed by atoms with E-state index in [1.807, 2.05) is 18.0 Å². The van der Waals surface area contributed by atoms with Crippen LogP contribution in [0.1, 0.15) is 6.42 Å². The molecule has 2 aliphatic rings. The van der Waals surface area contributed by atoms with Crippen molar-refractivity contribution in [2.24, 2.45) is 0 Å². The number of rotatable bonds is 4. The minimum Gasteiger partial charge on any atom is -0.388 e. The lowest BCUT2D eigenvalue weighted by Gasteiger charge is -2.33. The molecule has 2 unspecified atom stereocenters. The van der Waals surface area contributed by atoms with Gasteiger partial charge in [0.15, 0.2) is 6.35 Å². The van der Waals surface area contributed by atoms with E-state index in [0.29, 0.717) is 13.2 Å². The van der Waals surface area contributed by atoms with E-state index in [4.69, 9.17) is 4.74 Å². The van der Waals surface area contributed by atoms with Gasteiger partial charge in [-0.1, -0.05) is 12.2 Å². The number of morpholine rings is 1. The van der Waals surface area contributed by atoms with Crippen LogP contribution in [-0.2, 0) is 4.74 Å². The minimum atomic E-state index is -0.585. The fourth-order valence-corrected chi connectivity index (χ4v) is 2.05. The number of hydrogen-bond acceptors (Lipinski definition) is 5. The molecule has 2 atom stereocenters. The highest BCUT2D eigenvalue weighted by Crippen LogP contribution is 2.09. The molecule has 3 N–H and O–H groups in total. The minimum absolute atomic E-state index is 0.199. The lowest BCUT2D eigenvalue weighted by Crippen LogP contribution is -2.53. The second-order valence-electron chi connectivity index (χ2n) is 4.30. The topological polar surface area (TPSA) is 56.8 Å². The molecule has 1 heterocycles. The molecule has 0 aromatic heterocycles. The summed E-state index contributed by atoms with van der Waals surface area (Å²) in [6.45, 7) is 2.95. The first-order chi connectivity index (χ1) is 8.29. The summed E-state index contributed by atoms with van der Waals surface area (Å²) < 4.78 is 5.26. The van der Waals surface area contributed by atoms with Crippen LogP contribution < -0.4 is 10.6 Å². The van der Waals surface area contributed by atoms with Gasteiger partial charge < -0.3 is 15.2 Å². The Morgan fingerprint density at radius 1 is 1.47 bits per heavy atom. The summed E-state index contributed by atoms with van der Waals surface area (Å²) in [6.07, 6.45) is 6.55. The molecule has 1 aliphatic heterocycles. The Balaban J connectivity index is 1.77. The van der Waals surface area contributed by atoms with Gasteiger partial charge in [0.05, 0.1) is 13.2 Å². The van der Waals surface area contributed by atoms with E-state index in [-0.39, 0.29) is 6.04 Å². The molecule has 1 fully saturated rings. The third kappa shape index (κ3) is 3.54. The van der Waals surface area contributed by atoms with Gasteiger partial charge in [-0.05, 0) is 12.5 Å². The number of aliphatic hydroxyl groups is 1. The molecule has 0 bridgehead atoms. The maximum absolute atomic E-state index is 10.0. The van der Waals surface area contributed by atoms with Crippen LogP contribution >= 0.6 is 0 Å². The van der Waals surface area contributed by atoms with Crippen molar-refractivity contribution in [3.63, 3.8) is 0 Å². The van der Waals surface area contributed by atoms with E-state index in [1.54, 1.807) is 0 Å². The first kappa shape index (κ1) is 12.6. The predicted octanol–water partition coefficient (Wildman–Crippen LogP) is -0.384. The van der Waals surface area contributed by atoms with Crippen LogP contribution in [0.15, 0.2) is 23.9 Å². The Bertz CT molecular complexity index is 298. The highest BCUT2D eigenvalue weighted by molar-refractivity contribution is 5.23. The molecule has 0 aromatic carbocycles. The van der Waals surface area contributed by atoms with Crippen LogP contribution in [0.4, 0.5) is 0 Å². The van der Waals surface area contributed by atoms with Crippen LogP contribution in [0.3, 0.4) is 0 Å². The first-order valence-electron chi connectivity index (χ1n) is 6.11. The van der Waals surface area contributed by atoms with Crippen LogP contribution in [0.2, 0.25) is 0 Å². The van der Waals surface area contributed by atoms with Crippen molar-refractivity contribution < 1.29 is 9.84 Å². The number of aliphatic hydroxyl groups excluding tert-OH is 1. The summed E-state index contributed by atoms with van der Waals surface area (Å²) >= 11 is 0. The Labute approximate surface area is 102 Å². The fraction of sp³-hybridized carbons (Fsp3) is 0.667. The van der Waals surface area contributed by atoms with Gasteiger partial charge in [0.1, 0.15) is 0 Å². The summed E-state index contributed by atoms with van der Waals surface area (Å²) in [5.74, 6) is 0. The van der Waals surface area contributed by atoms with Crippen LogP contribution in [0.25, 0.3) is 0 Å². The Morgan fingerprint density at radius 3 is 2.82 bits per heavy atom. The number of allylic oxidation sites excluding steroid dienone is 1. The van der Waals surface area contributed by atoms with Gasteiger partial charge in [0, 0.05) is 31.9 Å². The van der Waals surface area contributed by atoms with Crippen molar-refractivity contribution >= 4 is 0 Å². The highest BCUT2D eigenvalue weighted by atomic mass is 16.5. The monoisotopic (exact) mass is 239 g/mol. The van der Waals surface area contributed by atoms with Crippen LogP contribution in [0, 0.1) is 0 Å². The molecule has 0 aromatic rings. The van der Waals surface area contributed by atoms with Gasteiger partial charge in [-0.15, -0.1) is 0 Å². The second-order valence-corrected chi connectivity index (χ2v) is 4.30. The van der Waals surface area contributed by atoms with Crippen molar-refractivity contribution in [1.82, 2.24) is 15.5 Å². The van der Waals surface area contributed by atoms with Crippen molar-refractivity contribution in [1.29, 1.82) is 0 Å². The second kappa shape index (κ2) is 6.16. The maximum Gasteiger partial charge on any atom is 0.163 e. The number of nitrogens with one attached hydrogen (secondary N) is 2. The van der Waals surface area contributed by atoms with Gasteiger partial charge in [0.2, 0.25) is 0 Å². The Morgan fingerprint density at radius 2 is 2.24 bits per heavy atom. The summed E-state index contributed by atoms with van der Waals surface area (Å²) in [4.78, 5) is 1.99. The van der Waals surface area contributed by atoms with Crippen LogP contribution in [0.5, 0.6) is 0 Å². The quantitative estimate of drug-likeness (QED) is 0.584. The summed E-state index contributed by atoms with van der Waals surface area (Å²) in [5, 5.41) is 16.3. The molecule has 1 aliphatic carbocycles. The maximum atomic E-state index is 10.0. The van der Waals surface area contributed by atoms with E-state index in [1.165, 1.54) is 0 Å². The normalized spacial score (nSPS) is 27.6. The third-order valence-corrected chi connectivity index (χ3v) is 3.14. The molecule has 0 spiro atoms. The van der Waals surface area contributed by atoms with Gasteiger partial charge in [-0.25, -0.2) is 0 Å². The van der Waals surface area contributed by atoms with Gasteiger partial charge in [-0.3, -0.25) is 10.2 Å². The molecule has 0 amide bonds. The summed E-state index contributed by atoms with van der Waals surface area (Å²) in [6, 6.07) is 0.199. The number of ether oxygens (including phenoxy) is 1. The van der Waals surface area contributed by atoms with E-state index in [9.17, 15) is 5.11 Å². The average molecular weight is 239 g/mol. The highest BCUT2D eigenvalue weighted by Gasteiger charge is 2.20. The predicted molar refractivity (Wildman–Crippen MR) is 66.2 cm³/mol. The van der Waals surface area contributed by atoms with Crippen molar-refractivity contribution in [3.8, 4) is 0 Å².